The molecule has 0 aliphatic carbocycles. The van der Waals surface area contributed by atoms with E-state index in [-0.39, 0.29) is 0 Å². The van der Waals surface area contributed by atoms with Crippen LogP contribution in [-0.2, 0) is 0 Å². The minimum atomic E-state index is -0.396. The molecule has 0 aliphatic heterocycles. The Labute approximate surface area is 55.5 Å². The quantitative estimate of drug-likeness (QED) is 0.564. The van der Waals surface area contributed by atoms with Crippen molar-refractivity contribution in [3.05, 3.63) is 34.6 Å². The zero-order valence-corrected chi connectivity index (χ0v) is 5.50. The standard InChI is InChI=1S/C6H2BrF/c7-5-3-1-2-4-6(5)8/h1-2H. The van der Waals surface area contributed by atoms with Gasteiger partial charge in [-0.1, -0.05) is 12.1 Å². The molecular formula is C6H2BrF. The first-order valence-electron chi connectivity index (χ1n) is 2.04. The minimum Gasteiger partial charge on any atom is -0.205 e. The third kappa shape index (κ3) is 1.07. The predicted molar refractivity (Wildman–Crippen MR) is 31.8 cm³/mol. The molecule has 0 heterocycles. The van der Waals surface area contributed by atoms with Crippen molar-refractivity contribution in [2.75, 3.05) is 0 Å². The normalized spacial score (nSPS) is 9.25. The zero-order valence-electron chi connectivity index (χ0n) is 3.91. The van der Waals surface area contributed by atoms with Crippen LogP contribution in [-0.4, -0.2) is 0 Å². The maximum absolute atomic E-state index is 12.2. The highest BCUT2D eigenvalue weighted by Crippen LogP contribution is 2.11. The molecule has 0 N–H and O–H groups in total. The van der Waals surface area contributed by atoms with Gasteiger partial charge in [0.15, 0.2) is 0 Å². The molecule has 0 fully saturated rings. The summed E-state index contributed by atoms with van der Waals surface area (Å²) in [6, 6.07) is 8.03. The highest BCUT2D eigenvalue weighted by atomic mass is 79.9. The van der Waals surface area contributed by atoms with Crippen LogP contribution in [0, 0.1) is 17.9 Å². The maximum Gasteiger partial charge on any atom is 0.145 e. The smallest absolute Gasteiger partial charge is 0.145 e. The van der Waals surface area contributed by atoms with Crippen LogP contribution >= 0.6 is 15.9 Å². The Morgan fingerprint density at radius 2 is 2.00 bits per heavy atom. The van der Waals surface area contributed by atoms with Crippen LogP contribution in [0.4, 0.5) is 4.39 Å². The zero-order chi connectivity index (χ0) is 5.98. The Morgan fingerprint density at radius 3 is 2.38 bits per heavy atom. The van der Waals surface area contributed by atoms with Gasteiger partial charge < -0.3 is 0 Å². The fraction of sp³-hybridized carbons (Fsp3) is 0. The highest BCUT2D eigenvalue weighted by Gasteiger charge is 1.92. The van der Waals surface area contributed by atoms with Crippen molar-refractivity contribution in [1.82, 2.24) is 0 Å². The number of rotatable bonds is 0. The van der Waals surface area contributed by atoms with Gasteiger partial charge in [0.25, 0.3) is 0 Å². The van der Waals surface area contributed by atoms with Gasteiger partial charge >= 0.3 is 0 Å². The maximum atomic E-state index is 12.2. The van der Waals surface area contributed by atoms with Crippen LogP contribution in [0.1, 0.15) is 0 Å². The van der Waals surface area contributed by atoms with E-state index in [0.29, 0.717) is 4.47 Å². The van der Waals surface area contributed by atoms with E-state index in [1.807, 2.05) is 0 Å². The van der Waals surface area contributed by atoms with E-state index >= 15 is 0 Å². The van der Waals surface area contributed by atoms with Crippen LogP contribution in [0.2, 0.25) is 0 Å². The Hall–Kier alpha value is -0.370. The van der Waals surface area contributed by atoms with Crippen LogP contribution in [0.25, 0.3) is 0 Å². The Bertz CT molecular complexity index is 165. The van der Waals surface area contributed by atoms with Gasteiger partial charge in [-0.05, 0) is 15.9 Å². The first kappa shape index (κ1) is 5.76. The molecule has 0 saturated carbocycles. The van der Waals surface area contributed by atoms with E-state index in [9.17, 15) is 4.39 Å². The van der Waals surface area contributed by atoms with E-state index in [2.05, 4.69) is 28.1 Å². The van der Waals surface area contributed by atoms with Crippen LogP contribution < -0.4 is 0 Å². The van der Waals surface area contributed by atoms with Gasteiger partial charge in [-0.25, -0.2) is 4.39 Å². The second kappa shape index (κ2) is 2.27. The fourth-order valence-corrected chi connectivity index (χ4v) is 0.603. The molecule has 0 nitrogen and oxygen atoms in total. The topological polar surface area (TPSA) is 0 Å². The van der Waals surface area contributed by atoms with Crippen molar-refractivity contribution in [3.8, 4) is 0 Å². The largest absolute Gasteiger partial charge is 0.205 e. The molecule has 2 radical (unpaired) electrons. The predicted octanol–water partition coefficient (Wildman–Crippen LogP) is 2.19. The third-order valence-electron chi connectivity index (χ3n) is 0.696. The molecule has 0 bridgehead atoms. The first-order chi connectivity index (χ1) is 3.80. The Kier molecular flexibility index (Phi) is 1.63. The van der Waals surface area contributed by atoms with Crippen LogP contribution in [0.5, 0.6) is 0 Å². The van der Waals surface area contributed by atoms with Gasteiger partial charge in [0, 0.05) is 12.1 Å². The third-order valence-corrected chi connectivity index (χ3v) is 1.27. The molecule has 1 aromatic rings. The summed E-state index contributed by atoms with van der Waals surface area (Å²) in [4.78, 5) is 0. The highest BCUT2D eigenvalue weighted by molar-refractivity contribution is 9.10. The van der Waals surface area contributed by atoms with Gasteiger partial charge in [0.1, 0.15) is 5.82 Å². The lowest BCUT2D eigenvalue weighted by atomic mass is 10.4. The second-order valence-corrected chi connectivity index (χ2v) is 2.04. The molecule has 0 aromatic heterocycles. The van der Waals surface area contributed by atoms with Gasteiger partial charge in [0.2, 0.25) is 0 Å². The van der Waals surface area contributed by atoms with Crippen molar-refractivity contribution in [3.63, 3.8) is 0 Å². The molecule has 40 valence electrons. The summed E-state index contributed by atoms with van der Waals surface area (Å²) in [6.45, 7) is 0. The summed E-state index contributed by atoms with van der Waals surface area (Å²) in [5, 5.41) is 0. The number of halogens is 2. The van der Waals surface area contributed by atoms with Crippen molar-refractivity contribution in [1.29, 1.82) is 0 Å². The fourth-order valence-electron chi connectivity index (χ4n) is 0.356. The number of hydrogen-bond donors (Lipinski definition) is 0. The number of hydrogen-bond acceptors (Lipinski definition) is 0. The lowest BCUT2D eigenvalue weighted by Crippen LogP contribution is -1.72. The van der Waals surface area contributed by atoms with E-state index in [0.717, 1.165) is 0 Å². The lowest BCUT2D eigenvalue weighted by molar-refractivity contribution is 0.618. The Morgan fingerprint density at radius 1 is 1.38 bits per heavy atom. The molecule has 0 unspecified atom stereocenters. The molecule has 2 heteroatoms. The second-order valence-electron chi connectivity index (χ2n) is 1.25. The molecule has 0 atom stereocenters. The molecule has 8 heavy (non-hydrogen) atoms. The summed E-state index contributed by atoms with van der Waals surface area (Å²) in [6.07, 6.45) is 0. The van der Waals surface area contributed by atoms with E-state index in [1.54, 1.807) is 6.07 Å². The number of benzene rings is 1. The minimum absolute atomic E-state index is 0.333. The molecule has 0 aliphatic rings. The molecular weight excluding hydrogens is 171 g/mol. The molecule has 1 rings (SSSR count). The average molecular weight is 173 g/mol. The summed E-state index contributed by atoms with van der Waals surface area (Å²) < 4.78 is 12.5. The molecule has 0 amide bonds. The lowest BCUT2D eigenvalue weighted by Gasteiger charge is -1.85. The van der Waals surface area contributed by atoms with Gasteiger partial charge in [0.05, 0.1) is 4.47 Å². The first-order valence-corrected chi connectivity index (χ1v) is 2.83. The average Bonchev–Trinajstić information content (AvgIpc) is 1.77. The van der Waals surface area contributed by atoms with Gasteiger partial charge in [-0.2, -0.15) is 0 Å². The summed E-state index contributed by atoms with van der Waals surface area (Å²) in [5.41, 5.74) is 0. The van der Waals surface area contributed by atoms with Crippen molar-refractivity contribution < 1.29 is 4.39 Å². The molecule has 0 spiro atoms. The van der Waals surface area contributed by atoms with Crippen molar-refractivity contribution in [2.45, 2.75) is 0 Å². The van der Waals surface area contributed by atoms with Crippen LogP contribution in [0.3, 0.4) is 0 Å². The summed E-state index contributed by atoms with van der Waals surface area (Å²) in [7, 11) is 0. The monoisotopic (exact) mass is 172 g/mol. The summed E-state index contributed by atoms with van der Waals surface area (Å²) >= 11 is 2.93. The molecule has 1 aromatic carbocycles. The Balaban J connectivity index is 3.13. The van der Waals surface area contributed by atoms with Crippen LogP contribution in [0.15, 0.2) is 16.6 Å². The SMILES string of the molecule is Fc1[c]cc[c]c1Br. The van der Waals surface area contributed by atoms with E-state index < -0.39 is 5.82 Å². The van der Waals surface area contributed by atoms with Crippen molar-refractivity contribution >= 4 is 15.9 Å². The summed E-state index contributed by atoms with van der Waals surface area (Å²) in [5.74, 6) is -0.396. The van der Waals surface area contributed by atoms with E-state index in [1.165, 1.54) is 6.07 Å². The van der Waals surface area contributed by atoms with Gasteiger partial charge in [-0.15, -0.1) is 0 Å². The van der Waals surface area contributed by atoms with Crippen molar-refractivity contribution in [2.24, 2.45) is 0 Å². The van der Waals surface area contributed by atoms with E-state index in [4.69, 9.17) is 0 Å². The molecule has 0 saturated heterocycles. The van der Waals surface area contributed by atoms with Gasteiger partial charge in [-0.3, -0.25) is 0 Å².